The van der Waals surface area contributed by atoms with Gasteiger partial charge in [0.05, 0.1) is 19.0 Å². The molecule has 1 fully saturated rings. The number of ether oxygens (including phenoxy) is 1. The van der Waals surface area contributed by atoms with Crippen molar-refractivity contribution in [2.24, 2.45) is 0 Å². The maximum absolute atomic E-state index is 12.9. The van der Waals surface area contributed by atoms with E-state index in [1.54, 1.807) is 19.5 Å². The van der Waals surface area contributed by atoms with Crippen LogP contribution in [-0.2, 0) is 6.42 Å². The highest BCUT2D eigenvalue weighted by atomic mass is 16.5. The summed E-state index contributed by atoms with van der Waals surface area (Å²) in [6, 6.07) is 12.4. The molecule has 1 saturated heterocycles. The number of hydrogen-bond donors (Lipinski definition) is 0. The summed E-state index contributed by atoms with van der Waals surface area (Å²) in [6.07, 6.45) is 5.97. The number of benzene rings is 1. The van der Waals surface area contributed by atoms with Crippen LogP contribution >= 0.6 is 0 Å². The molecular weight excluding hydrogens is 388 g/mol. The average Bonchev–Trinajstić information content (AvgIpc) is 2.79. The number of aromatic nitrogens is 3. The fraction of sp³-hybridized carbons (Fsp3) is 0.360. The molecule has 160 valence electrons. The number of rotatable bonds is 5. The van der Waals surface area contributed by atoms with Crippen molar-refractivity contribution in [2.75, 3.05) is 20.2 Å². The van der Waals surface area contributed by atoms with Gasteiger partial charge in [-0.1, -0.05) is 18.2 Å². The van der Waals surface area contributed by atoms with Crippen LogP contribution in [-0.4, -0.2) is 46.0 Å². The molecule has 1 amide bonds. The summed E-state index contributed by atoms with van der Waals surface area (Å²) in [5, 5.41) is 0. The van der Waals surface area contributed by atoms with Gasteiger partial charge in [-0.2, -0.15) is 0 Å². The minimum atomic E-state index is -0.0564. The van der Waals surface area contributed by atoms with Crippen molar-refractivity contribution in [3.63, 3.8) is 0 Å². The average molecular weight is 417 g/mol. The van der Waals surface area contributed by atoms with Crippen molar-refractivity contribution in [3.8, 4) is 5.75 Å². The highest BCUT2D eigenvalue weighted by Gasteiger charge is 2.27. The number of methoxy groups -OCH3 is 1. The van der Waals surface area contributed by atoms with Crippen molar-refractivity contribution in [3.05, 3.63) is 82.7 Å². The highest BCUT2D eigenvalue weighted by molar-refractivity contribution is 5.92. The normalized spacial score (nSPS) is 16.2. The quantitative estimate of drug-likeness (QED) is 0.626. The first-order valence-corrected chi connectivity index (χ1v) is 10.7. The number of hydrogen-bond acceptors (Lipinski definition) is 5. The van der Waals surface area contributed by atoms with Crippen LogP contribution in [0.2, 0.25) is 0 Å². The largest absolute Gasteiger partial charge is 0.496 e. The second-order valence-electron chi connectivity index (χ2n) is 8.16. The van der Waals surface area contributed by atoms with Gasteiger partial charge in [-0.3, -0.25) is 14.8 Å². The van der Waals surface area contributed by atoms with Crippen LogP contribution in [0.5, 0.6) is 5.75 Å². The molecule has 0 bridgehead atoms. The molecule has 1 unspecified atom stereocenters. The molecule has 3 heterocycles. The number of amides is 1. The lowest BCUT2D eigenvalue weighted by Crippen LogP contribution is -2.39. The summed E-state index contributed by atoms with van der Waals surface area (Å²) < 4.78 is 5.51. The minimum absolute atomic E-state index is 0.0564. The summed E-state index contributed by atoms with van der Waals surface area (Å²) in [4.78, 5) is 28.1. The van der Waals surface area contributed by atoms with E-state index in [4.69, 9.17) is 9.72 Å². The molecule has 0 saturated carbocycles. The van der Waals surface area contributed by atoms with E-state index in [0.29, 0.717) is 12.2 Å². The second-order valence-corrected chi connectivity index (χ2v) is 8.16. The van der Waals surface area contributed by atoms with Crippen molar-refractivity contribution in [2.45, 2.75) is 39.0 Å². The van der Waals surface area contributed by atoms with Gasteiger partial charge in [-0.25, -0.2) is 4.98 Å². The number of pyridine rings is 1. The Labute approximate surface area is 183 Å². The number of carbonyl (C=O) groups is 1. The Morgan fingerprint density at radius 3 is 2.74 bits per heavy atom. The van der Waals surface area contributed by atoms with Crippen molar-refractivity contribution in [1.29, 1.82) is 0 Å². The van der Waals surface area contributed by atoms with Gasteiger partial charge < -0.3 is 9.64 Å². The summed E-state index contributed by atoms with van der Waals surface area (Å²) in [7, 11) is 1.70. The Bertz CT molecular complexity index is 1070. The predicted molar refractivity (Wildman–Crippen MR) is 119 cm³/mol. The number of likely N-dealkylation sites (tertiary alicyclic amines) is 1. The molecule has 0 aliphatic carbocycles. The molecule has 6 heteroatoms. The molecule has 31 heavy (non-hydrogen) atoms. The van der Waals surface area contributed by atoms with Crippen LogP contribution in [0.3, 0.4) is 0 Å². The summed E-state index contributed by atoms with van der Waals surface area (Å²) in [5.74, 6) is 1.05. The first kappa shape index (κ1) is 21.0. The van der Waals surface area contributed by atoms with Crippen LogP contribution in [0.4, 0.5) is 0 Å². The molecule has 1 aliphatic heterocycles. The summed E-state index contributed by atoms with van der Waals surface area (Å²) >= 11 is 0. The van der Waals surface area contributed by atoms with Gasteiger partial charge in [0.2, 0.25) is 0 Å². The van der Waals surface area contributed by atoms with Gasteiger partial charge in [0, 0.05) is 43.0 Å². The first-order chi connectivity index (χ1) is 15.0. The second kappa shape index (κ2) is 9.25. The zero-order valence-electron chi connectivity index (χ0n) is 18.3. The number of aryl methyl sites for hydroxylation is 2. The fourth-order valence-corrected chi connectivity index (χ4v) is 4.22. The van der Waals surface area contributed by atoms with Crippen LogP contribution in [0.1, 0.15) is 57.5 Å². The molecular formula is C25H28N4O2. The van der Waals surface area contributed by atoms with E-state index < -0.39 is 0 Å². The number of carbonyl (C=O) groups excluding carboxylic acids is 1. The molecule has 0 spiro atoms. The SMILES string of the molecule is COc1ccccc1Cc1cc(C)nc(C2CCCN(C(=O)c3cnc(C)cn3)C2)c1. The summed E-state index contributed by atoms with van der Waals surface area (Å²) in [5.41, 5.74) is 5.62. The predicted octanol–water partition coefficient (Wildman–Crippen LogP) is 4.11. The van der Waals surface area contributed by atoms with Crippen LogP contribution in [0, 0.1) is 13.8 Å². The maximum Gasteiger partial charge on any atom is 0.274 e. The maximum atomic E-state index is 12.9. The molecule has 0 radical (unpaired) electrons. The van der Waals surface area contributed by atoms with Crippen molar-refractivity contribution >= 4 is 5.91 Å². The molecule has 2 aromatic heterocycles. The van der Waals surface area contributed by atoms with Gasteiger partial charge in [0.25, 0.3) is 5.91 Å². The fourth-order valence-electron chi connectivity index (χ4n) is 4.22. The Kier molecular flexibility index (Phi) is 6.26. The smallest absolute Gasteiger partial charge is 0.274 e. The lowest BCUT2D eigenvalue weighted by atomic mass is 9.92. The van der Waals surface area contributed by atoms with Gasteiger partial charge in [-0.15, -0.1) is 0 Å². The van der Waals surface area contributed by atoms with Gasteiger partial charge >= 0.3 is 0 Å². The number of para-hydroxylation sites is 1. The first-order valence-electron chi connectivity index (χ1n) is 10.7. The number of piperidine rings is 1. The molecule has 1 aromatic carbocycles. The standard InChI is InChI=1S/C25H28N4O2/c1-17-11-19(12-20-7-4-5-9-24(20)31-3)13-22(28-17)21-8-6-10-29(16-21)25(30)23-15-26-18(2)14-27-23/h4-5,7,9,11,13-15,21H,6,8,10,12,16H2,1-3H3. The minimum Gasteiger partial charge on any atom is -0.496 e. The molecule has 3 aromatic rings. The third-order valence-corrected chi connectivity index (χ3v) is 5.75. The monoisotopic (exact) mass is 416 g/mol. The van der Waals surface area contributed by atoms with Gasteiger partial charge in [0.15, 0.2) is 0 Å². The van der Waals surface area contributed by atoms with Gasteiger partial charge in [0.1, 0.15) is 11.4 Å². The molecule has 1 aliphatic rings. The zero-order chi connectivity index (χ0) is 21.8. The van der Waals surface area contributed by atoms with E-state index >= 15 is 0 Å². The van der Waals surface area contributed by atoms with E-state index in [-0.39, 0.29) is 11.8 Å². The Balaban J connectivity index is 1.53. The van der Waals surface area contributed by atoms with E-state index in [9.17, 15) is 4.79 Å². The van der Waals surface area contributed by atoms with Crippen LogP contribution in [0.25, 0.3) is 0 Å². The molecule has 1 atom stereocenters. The van der Waals surface area contributed by atoms with Crippen molar-refractivity contribution < 1.29 is 9.53 Å². The highest BCUT2D eigenvalue weighted by Crippen LogP contribution is 2.29. The van der Waals surface area contributed by atoms with Crippen LogP contribution < -0.4 is 4.74 Å². The zero-order valence-corrected chi connectivity index (χ0v) is 18.3. The van der Waals surface area contributed by atoms with E-state index in [0.717, 1.165) is 54.2 Å². The Morgan fingerprint density at radius 1 is 1.13 bits per heavy atom. The van der Waals surface area contributed by atoms with E-state index in [2.05, 4.69) is 28.2 Å². The van der Waals surface area contributed by atoms with E-state index in [1.807, 2.05) is 36.9 Å². The third-order valence-electron chi connectivity index (χ3n) is 5.75. The van der Waals surface area contributed by atoms with Gasteiger partial charge in [-0.05, 0) is 56.0 Å². The Morgan fingerprint density at radius 2 is 1.97 bits per heavy atom. The molecule has 0 N–H and O–H groups in total. The lowest BCUT2D eigenvalue weighted by Gasteiger charge is -2.32. The molecule has 4 rings (SSSR count). The summed E-state index contributed by atoms with van der Waals surface area (Å²) in [6.45, 7) is 5.29. The third kappa shape index (κ3) is 4.90. The van der Waals surface area contributed by atoms with Crippen molar-refractivity contribution in [1.82, 2.24) is 19.9 Å². The molecule has 6 nitrogen and oxygen atoms in total. The number of nitrogens with zero attached hydrogens (tertiary/aromatic N) is 4. The van der Waals surface area contributed by atoms with E-state index in [1.165, 1.54) is 5.56 Å². The Hall–Kier alpha value is -3.28. The lowest BCUT2D eigenvalue weighted by molar-refractivity contribution is 0.0699. The van der Waals surface area contributed by atoms with Crippen LogP contribution in [0.15, 0.2) is 48.8 Å². The topological polar surface area (TPSA) is 68.2 Å².